The summed E-state index contributed by atoms with van der Waals surface area (Å²) in [6.45, 7) is 4.10. The molecule has 4 rings (SSSR count). The number of nitrogens with two attached hydrogens (primary N) is 1. The van der Waals surface area contributed by atoms with Crippen LogP contribution in [-0.4, -0.2) is 48.2 Å². The SMILES string of the molecule is CC(C)(c1cccc(Cl)c1)[C@@H](OC(=O)N[C@@H](CC1CCCCC1)C(=O)N[C@@H](C[C@@H]1CCNC1=O)C(=O)C(N)=O)c1cccc(F)c1. The molecule has 2 aliphatic rings. The van der Waals surface area contributed by atoms with Crippen LogP contribution in [0.25, 0.3) is 0 Å². The molecule has 0 unspecified atom stereocenters. The van der Waals surface area contributed by atoms with Gasteiger partial charge in [0, 0.05) is 22.9 Å². The van der Waals surface area contributed by atoms with Crippen LogP contribution in [0.3, 0.4) is 0 Å². The summed E-state index contributed by atoms with van der Waals surface area (Å²) in [6.07, 6.45) is 3.46. The van der Waals surface area contributed by atoms with Gasteiger partial charge in [0.1, 0.15) is 18.0 Å². The van der Waals surface area contributed by atoms with E-state index in [1.165, 1.54) is 18.2 Å². The third-order valence-electron chi connectivity index (χ3n) is 9.06. The molecule has 10 nitrogen and oxygen atoms in total. The van der Waals surface area contributed by atoms with Gasteiger partial charge in [-0.3, -0.25) is 19.2 Å². The molecule has 1 saturated carbocycles. The van der Waals surface area contributed by atoms with E-state index in [9.17, 15) is 28.4 Å². The van der Waals surface area contributed by atoms with Crippen molar-refractivity contribution in [1.29, 1.82) is 0 Å². The van der Waals surface area contributed by atoms with E-state index in [4.69, 9.17) is 22.1 Å². The predicted octanol–water partition coefficient (Wildman–Crippen LogP) is 4.63. The van der Waals surface area contributed by atoms with Gasteiger partial charge < -0.3 is 26.4 Å². The average Bonchev–Trinajstić information content (AvgIpc) is 3.42. The first kappa shape index (κ1) is 34.9. The van der Waals surface area contributed by atoms with E-state index < -0.39 is 59.0 Å². The maximum atomic E-state index is 14.4. The normalized spacial score (nSPS) is 19.0. The highest BCUT2D eigenvalue weighted by molar-refractivity contribution is 6.38. The van der Waals surface area contributed by atoms with Gasteiger partial charge in [-0.2, -0.15) is 0 Å². The van der Waals surface area contributed by atoms with Crippen LogP contribution in [-0.2, 0) is 29.3 Å². The maximum Gasteiger partial charge on any atom is 0.408 e. The van der Waals surface area contributed by atoms with Gasteiger partial charge in [0.15, 0.2) is 0 Å². The average molecular weight is 657 g/mol. The number of amides is 4. The van der Waals surface area contributed by atoms with Crippen molar-refractivity contribution in [3.63, 3.8) is 0 Å². The number of nitrogens with one attached hydrogen (secondary N) is 3. The highest BCUT2D eigenvalue weighted by Crippen LogP contribution is 2.40. The molecular weight excluding hydrogens is 615 g/mol. The predicted molar refractivity (Wildman–Crippen MR) is 170 cm³/mol. The molecular formula is C34H42ClFN4O6. The Morgan fingerprint density at radius 2 is 1.72 bits per heavy atom. The number of halogens is 2. The van der Waals surface area contributed by atoms with Gasteiger partial charge in [0.05, 0.1) is 6.04 Å². The summed E-state index contributed by atoms with van der Waals surface area (Å²) in [6, 6.07) is 10.3. The maximum absolute atomic E-state index is 14.4. The molecule has 0 spiro atoms. The number of hydrogen-bond acceptors (Lipinski definition) is 6. The number of ketones is 1. The Morgan fingerprint density at radius 1 is 1.00 bits per heavy atom. The van der Waals surface area contributed by atoms with E-state index in [-0.39, 0.29) is 24.7 Å². The number of hydrogen-bond donors (Lipinski definition) is 4. The topological polar surface area (TPSA) is 157 Å². The lowest BCUT2D eigenvalue weighted by molar-refractivity contribution is -0.139. The molecule has 0 bridgehead atoms. The first-order valence-corrected chi connectivity index (χ1v) is 16.1. The van der Waals surface area contributed by atoms with Crippen molar-refractivity contribution < 1.29 is 33.1 Å². The molecule has 248 valence electrons. The number of rotatable bonds is 13. The number of Topliss-reactive ketones (excluding diaryl/α,β-unsaturated/α-hetero) is 1. The Morgan fingerprint density at radius 3 is 2.35 bits per heavy atom. The van der Waals surface area contributed by atoms with E-state index in [0.29, 0.717) is 23.6 Å². The summed E-state index contributed by atoms with van der Waals surface area (Å²) >= 11 is 6.27. The number of carbonyl (C=O) groups excluding carboxylic acids is 5. The minimum Gasteiger partial charge on any atom is -0.440 e. The lowest BCUT2D eigenvalue weighted by Crippen LogP contribution is -2.54. The molecule has 4 amide bonds. The van der Waals surface area contributed by atoms with E-state index in [1.54, 1.807) is 24.3 Å². The standard InChI is InChI=1S/C34H42ClFN4O6/c1-34(2,23-11-7-12-24(35)19-23)29(21-10-6-13-25(36)17-21)46-33(45)40-27(16-20-8-4-3-5-9-20)32(44)39-26(28(41)30(37)42)18-22-14-15-38-31(22)43/h6-7,10-13,17,19-20,22,26-27,29H,3-5,8-9,14-16,18H2,1-2H3,(H2,37,42)(H,38,43)(H,39,44)(H,40,45)/t22-,26-,27-,29-/m0/s1. The number of carbonyl (C=O) groups is 5. The van der Waals surface area contributed by atoms with Gasteiger partial charge in [0.2, 0.25) is 17.6 Å². The fraction of sp³-hybridized carbons (Fsp3) is 0.500. The summed E-state index contributed by atoms with van der Waals surface area (Å²) in [5, 5.41) is 8.44. The van der Waals surface area contributed by atoms with Crippen molar-refractivity contribution in [2.45, 2.75) is 88.8 Å². The summed E-state index contributed by atoms with van der Waals surface area (Å²) in [5.74, 6) is -4.20. The van der Waals surface area contributed by atoms with Crippen molar-refractivity contribution in [3.05, 3.63) is 70.5 Å². The lowest BCUT2D eigenvalue weighted by Gasteiger charge is -2.35. The molecule has 0 aromatic heterocycles. The number of ether oxygens (including phenoxy) is 1. The van der Waals surface area contributed by atoms with Crippen LogP contribution in [0, 0.1) is 17.7 Å². The summed E-state index contributed by atoms with van der Waals surface area (Å²) < 4.78 is 20.4. The Hall–Kier alpha value is -3.99. The number of benzene rings is 2. The molecule has 46 heavy (non-hydrogen) atoms. The quantitative estimate of drug-likeness (QED) is 0.230. The van der Waals surface area contributed by atoms with E-state index in [1.807, 2.05) is 19.9 Å². The molecule has 1 aliphatic carbocycles. The van der Waals surface area contributed by atoms with Crippen LogP contribution in [0.1, 0.15) is 82.4 Å². The van der Waals surface area contributed by atoms with Crippen LogP contribution in [0.4, 0.5) is 9.18 Å². The highest BCUT2D eigenvalue weighted by atomic mass is 35.5. The van der Waals surface area contributed by atoms with Gasteiger partial charge in [-0.15, -0.1) is 0 Å². The van der Waals surface area contributed by atoms with Crippen molar-refractivity contribution in [1.82, 2.24) is 16.0 Å². The van der Waals surface area contributed by atoms with Gasteiger partial charge in [-0.05, 0) is 60.6 Å². The largest absolute Gasteiger partial charge is 0.440 e. The molecule has 4 atom stereocenters. The second-order valence-electron chi connectivity index (χ2n) is 12.8. The molecule has 2 fully saturated rings. The fourth-order valence-electron chi connectivity index (χ4n) is 6.44. The fourth-order valence-corrected chi connectivity index (χ4v) is 6.63. The first-order chi connectivity index (χ1) is 21.8. The summed E-state index contributed by atoms with van der Waals surface area (Å²) in [7, 11) is 0. The minimum absolute atomic E-state index is 0.102. The van der Waals surface area contributed by atoms with Crippen molar-refractivity contribution in [2.75, 3.05) is 6.54 Å². The van der Waals surface area contributed by atoms with Crippen molar-refractivity contribution in [3.8, 4) is 0 Å². The van der Waals surface area contributed by atoms with Crippen molar-refractivity contribution >= 4 is 41.2 Å². The Balaban J connectivity index is 1.59. The number of primary amides is 1. The Bertz CT molecular complexity index is 1450. The van der Waals surface area contributed by atoms with Gasteiger partial charge >= 0.3 is 6.09 Å². The van der Waals surface area contributed by atoms with Gasteiger partial charge in [0.25, 0.3) is 5.91 Å². The molecule has 2 aromatic rings. The second-order valence-corrected chi connectivity index (χ2v) is 13.2. The van der Waals surface area contributed by atoms with Gasteiger partial charge in [-0.25, -0.2) is 9.18 Å². The van der Waals surface area contributed by atoms with Crippen LogP contribution in [0.5, 0.6) is 0 Å². The van der Waals surface area contributed by atoms with Crippen LogP contribution >= 0.6 is 11.6 Å². The third kappa shape index (κ3) is 9.05. The highest BCUT2D eigenvalue weighted by Gasteiger charge is 2.39. The monoisotopic (exact) mass is 656 g/mol. The molecule has 1 saturated heterocycles. The van der Waals surface area contributed by atoms with E-state index >= 15 is 0 Å². The van der Waals surface area contributed by atoms with Crippen LogP contribution in [0.15, 0.2) is 48.5 Å². The van der Waals surface area contributed by atoms with E-state index in [2.05, 4.69) is 16.0 Å². The summed E-state index contributed by atoms with van der Waals surface area (Å²) in [5.41, 5.74) is 5.53. The van der Waals surface area contributed by atoms with Crippen LogP contribution in [0.2, 0.25) is 5.02 Å². The Kier molecular flexibility index (Phi) is 11.8. The molecule has 12 heteroatoms. The zero-order chi connectivity index (χ0) is 33.4. The molecule has 1 heterocycles. The molecule has 0 radical (unpaired) electrons. The minimum atomic E-state index is -1.34. The number of alkyl carbamates (subject to hydrolysis) is 1. The Labute approximate surface area is 273 Å². The molecule has 1 aliphatic heterocycles. The molecule has 2 aromatic carbocycles. The lowest BCUT2D eigenvalue weighted by atomic mass is 9.76. The van der Waals surface area contributed by atoms with E-state index in [0.717, 1.165) is 37.7 Å². The van der Waals surface area contributed by atoms with Gasteiger partial charge in [-0.1, -0.05) is 81.8 Å². The smallest absolute Gasteiger partial charge is 0.408 e. The zero-order valence-electron chi connectivity index (χ0n) is 26.2. The first-order valence-electron chi connectivity index (χ1n) is 15.8. The third-order valence-corrected chi connectivity index (χ3v) is 9.30. The molecule has 5 N–H and O–H groups in total. The van der Waals surface area contributed by atoms with Crippen LogP contribution < -0.4 is 21.7 Å². The van der Waals surface area contributed by atoms with Crippen molar-refractivity contribution in [2.24, 2.45) is 17.6 Å². The second kappa shape index (κ2) is 15.5. The summed E-state index contributed by atoms with van der Waals surface area (Å²) in [4.78, 5) is 64.2. The zero-order valence-corrected chi connectivity index (χ0v) is 26.9.